The predicted molar refractivity (Wildman–Crippen MR) is 127 cm³/mol. The lowest BCUT2D eigenvalue weighted by atomic mass is 10.0. The number of nitrogens with zero attached hydrogens (tertiary/aromatic N) is 7. The van der Waals surface area contributed by atoms with Crippen molar-refractivity contribution in [2.24, 2.45) is 0 Å². The first kappa shape index (κ1) is 22.4. The maximum Gasteiger partial charge on any atom is 0.247 e. The van der Waals surface area contributed by atoms with E-state index in [1.165, 1.54) is 10.7 Å². The zero-order valence-electron chi connectivity index (χ0n) is 18.6. The van der Waals surface area contributed by atoms with Crippen LogP contribution >= 0.6 is 11.6 Å². The van der Waals surface area contributed by atoms with E-state index in [0.717, 1.165) is 64.1 Å². The average molecular weight is 478 g/mol. The van der Waals surface area contributed by atoms with Crippen LogP contribution in [-0.4, -0.2) is 63.4 Å². The number of nitrogens with one attached hydrogen (secondary N) is 2. The van der Waals surface area contributed by atoms with E-state index in [9.17, 15) is 10.5 Å². The molecular weight excluding hydrogens is 454 g/mol. The summed E-state index contributed by atoms with van der Waals surface area (Å²) in [7, 11) is 0. The minimum absolute atomic E-state index is 0.260. The molecule has 34 heavy (non-hydrogen) atoms. The zero-order chi connectivity index (χ0) is 23.5. The van der Waals surface area contributed by atoms with Gasteiger partial charge in [0, 0.05) is 19.1 Å². The van der Waals surface area contributed by atoms with Gasteiger partial charge in [-0.2, -0.15) is 20.0 Å². The fourth-order valence-corrected chi connectivity index (χ4v) is 4.22. The van der Waals surface area contributed by atoms with Gasteiger partial charge in [0.1, 0.15) is 6.07 Å². The molecule has 0 radical (unpaired) electrons. The minimum Gasteiger partial charge on any atom is -0.379 e. The monoisotopic (exact) mass is 477 g/mol. The summed E-state index contributed by atoms with van der Waals surface area (Å²) in [6, 6.07) is 8.29. The van der Waals surface area contributed by atoms with E-state index in [2.05, 4.69) is 42.7 Å². The number of imidazole rings is 1. The Morgan fingerprint density at radius 2 is 2.00 bits per heavy atom. The Morgan fingerprint density at radius 1 is 1.18 bits per heavy atom. The van der Waals surface area contributed by atoms with Gasteiger partial charge in [-0.1, -0.05) is 11.6 Å². The summed E-state index contributed by atoms with van der Waals surface area (Å²) in [6.07, 6.45) is 5.30. The van der Waals surface area contributed by atoms with Crippen molar-refractivity contribution in [1.29, 1.82) is 10.5 Å². The molecule has 1 aromatic carbocycles. The van der Waals surface area contributed by atoms with Gasteiger partial charge in [-0.25, -0.2) is 4.98 Å². The second-order valence-electron chi connectivity index (χ2n) is 8.48. The van der Waals surface area contributed by atoms with Crippen LogP contribution in [0.2, 0.25) is 5.02 Å². The third-order valence-corrected chi connectivity index (χ3v) is 6.29. The molecule has 174 valence electrons. The second kappa shape index (κ2) is 9.82. The Hall–Kier alpha value is -3.44. The normalized spacial score (nSPS) is 16.2. The number of nitriles is 2. The van der Waals surface area contributed by atoms with Gasteiger partial charge in [-0.3, -0.25) is 4.90 Å². The lowest BCUT2D eigenvalue weighted by molar-refractivity contribution is 0.0374. The molecule has 0 bridgehead atoms. The predicted octanol–water partition coefficient (Wildman–Crippen LogP) is 3.10. The lowest BCUT2D eigenvalue weighted by Crippen LogP contribution is -2.36. The number of hydrogen-bond donors (Lipinski definition) is 2. The summed E-state index contributed by atoms with van der Waals surface area (Å²) >= 11 is 6.58. The quantitative estimate of drug-likeness (QED) is 0.502. The molecule has 2 aliphatic rings. The summed E-state index contributed by atoms with van der Waals surface area (Å²) in [5.41, 5.74) is 2.81. The van der Waals surface area contributed by atoms with Crippen molar-refractivity contribution in [2.45, 2.75) is 31.7 Å². The number of anilines is 3. The number of halogens is 1. The highest BCUT2D eigenvalue weighted by molar-refractivity contribution is 6.33. The molecule has 10 nitrogen and oxygen atoms in total. The standard InChI is InChI=1S/C23H24ClN9O/c24-19-10-15(2-1-5-32-6-8-34-9-7-32)16(12-25)11-20(19)29-23-30-21(28-17-3-4-17)22-27-14-18(13-26)33(22)31-23/h10-11,14,17H,1-9H2,(H2,28,29,30,31). The summed E-state index contributed by atoms with van der Waals surface area (Å²) < 4.78 is 6.85. The fourth-order valence-electron chi connectivity index (χ4n) is 3.99. The van der Waals surface area contributed by atoms with Crippen molar-refractivity contribution >= 4 is 34.7 Å². The van der Waals surface area contributed by atoms with Gasteiger partial charge in [-0.05, 0) is 49.9 Å². The number of rotatable bonds is 8. The van der Waals surface area contributed by atoms with Crippen molar-refractivity contribution in [1.82, 2.24) is 24.5 Å². The van der Waals surface area contributed by atoms with E-state index in [1.54, 1.807) is 6.07 Å². The van der Waals surface area contributed by atoms with Crippen molar-refractivity contribution in [3.63, 3.8) is 0 Å². The maximum atomic E-state index is 9.74. The molecule has 1 aliphatic heterocycles. The highest BCUT2D eigenvalue weighted by atomic mass is 35.5. The number of hydrogen-bond acceptors (Lipinski definition) is 9. The van der Waals surface area contributed by atoms with Crippen LogP contribution in [0.25, 0.3) is 5.65 Å². The van der Waals surface area contributed by atoms with E-state index < -0.39 is 0 Å². The first-order chi connectivity index (χ1) is 16.6. The largest absolute Gasteiger partial charge is 0.379 e. The van der Waals surface area contributed by atoms with E-state index in [4.69, 9.17) is 16.3 Å². The zero-order valence-corrected chi connectivity index (χ0v) is 19.3. The van der Waals surface area contributed by atoms with Gasteiger partial charge in [-0.15, -0.1) is 5.10 Å². The smallest absolute Gasteiger partial charge is 0.247 e. The molecule has 0 atom stereocenters. The molecule has 2 N–H and O–H groups in total. The number of benzene rings is 1. The molecule has 0 unspecified atom stereocenters. The molecule has 11 heteroatoms. The third kappa shape index (κ3) is 4.90. The van der Waals surface area contributed by atoms with Crippen molar-refractivity contribution < 1.29 is 4.74 Å². The molecule has 1 aliphatic carbocycles. The highest BCUT2D eigenvalue weighted by Gasteiger charge is 2.24. The first-order valence-corrected chi connectivity index (χ1v) is 11.7. The molecule has 0 amide bonds. The van der Waals surface area contributed by atoms with Crippen molar-refractivity contribution in [2.75, 3.05) is 43.5 Å². The van der Waals surface area contributed by atoms with E-state index in [0.29, 0.717) is 39.5 Å². The molecule has 1 saturated carbocycles. The number of aromatic nitrogens is 4. The van der Waals surface area contributed by atoms with E-state index >= 15 is 0 Å². The Kier molecular flexibility index (Phi) is 6.45. The SMILES string of the molecule is N#Cc1cc(Nc2nc(NC3CC3)c3ncc(C#N)n3n2)c(Cl)cc1CCCN1CCOCC1. The molecule has 3 aromatic rings. The van der Waals surface area contributed by atoms with Gasteiger partial charge in [0.15, 0.2) is 17.2 Å². The Morgan fingerprint density at radius 3 is 2.74 bits per heavy atom. The number of ether oxygens (including phenoxy) is 1. The maximum absolute atomic E-state index is 9.74. The van der Waals surface area contributed by atoms with Gasteiger partial charge >= 0.3 is 0 Å². The minimum atomic E-state index is 0.260. The second-order valence-corrected chi connectivity index (χ2v) is 8.88. The van der Waals surface area contributed by atoms with Gasteiger partial charge in [0.05, 0.1) is 41.8 Å². The Labute approximate surface area is 202 Å². The molecular formula is C23H24ClN9O. The van der Waals surface area contributed by atoms with Crippen LogP contribution in [0.3, 0.4) is 0 Å². The molecule has 3 heterocycles. The molecule has 0 spiro atoms. The summed E-state index contributed by atoms with van der Waals surface area (Å²) in [4.78, 5) is 11.2. The van der Waals surface area contributed by atoms with Crippen molar-refractivity contribution in [3.05, 3.63) is 40.2 Å². The van der Waals surface area contributed by atoms with Gasteiger partial charge < -0.3 is 15.4 Å². The average Bonchev–Trinajstić information content (AvgIpc) is 3.57. The number of fused-ring (bicyclic) bond motifs is 1. The molecule has 5 rings (SSSR count). The van der Waals surface area contributed by atoms with E-state index in [1.807, 2.05) is 6.07 Å². The first-order valence-electron chi connectivity index (χ1n) is 11.4. The van der Waals surface area contributed by atoms with Crippen molar-refractivity contribution in [3.8, 4) is 12.1 Å². The summed E-state index contributed by atoms with van der Waals surface area (Å²) in [5, 5.41) is 30.5. The van der Waals surface area contributed by atoms with Crippen LogP contribution in [-0.2, 0) is 11.2 Å². The molecule has 1 saturated heterocycles. The summed E-state index contributed by atoms with van der Waals surface area (Å²) in [5.74, 6) is 0.814. The van der Waals surface area contributed by atoms with Crippen LogP contribution in [0, 0.1) is 22.7 Å². The topological polar surface area (TPSA) is 127 Å². The van der Waals surface area contributed by atoms with Crippen LogP contribution in [0.5, 0.6) is 0 Å². The van der Waals surface area contributed by atoms with Crippen LogP contribution in [0.4, 0.5) is 17.5 Å². The van der Waals surface area contributed by atoms with Crippen LogP contribution in [0.1, 0.15) is 36.1 Å². The highest BCUT2D eigenvalue weighted by Crippen LogP contribution is 2.30. The van der Waals surface area contributed by atoms with Gasteiger partial charge in [0.2, 0.25) is 5.95 Å². The third-order valence-electron chi connectivity index (χ3n) is 5.98. The summed E-state index contributed by atoms with van der Waals surface area (Å²) in [6.45, 7) is 4.40. The molecule has 2 aromatic heterocycles. The molecule has 2 fully saturated rings. The van der Waals surface area contributed by atoms with Crippen LogP contribution in [0.15, 0.2) is 18.3 Å². The number of morpholine rings is 1. The van der Waals surface area contributed by atoms with E-state index in [-0.39, 0.29) is 5.95 Å². The Balaban J connectivity index is 1.36. The lowest BCUT2D eigenvalue weighted by Gasteiger charge is -2.26. The van der Waals surface area contributed by atoms with Gasteiger partial charge in [0.25, 0.3) is 0 Å². The Bertz CT molecular complexity index is 1280. The number of aryl methyl sites for hydroxylation is 1. The fraction of sp³-hybridized carbons (Fsp3) is 0.435. The van der Waals surface area contributed by atoms with Crippen LogP contribution < -0.4 is 10.6 Å².